The number of rotatable bonds is 8. The second-order valence-electron chi connectivity index (χ2n) is 6.70. The van der Waals surface area contributed by atoms with E-state index in [2.05, 4.69) is 27.0 Å². The molecule has 0 aliphatic carbocycles. The van der Waals surface area contributed by atoms with E-state index in [4.69, 9.17) is 4.74 Å². The summed E-state index contributed by atoms with van der Waals surface area (Å²) in [6.07, 6.45) is 1.03. The first-order chi connectivity index (χ1) is 13.5. The van der Waals surface area contributed by atoms with Gasteiger partial charge in [-0.05, 0) is 61.4 Å². The summed E-state index contributed by atoms with van der Waals surface area (Å²) >= 11 is 1.33. The van der Waals surface area contributed by atoms with E-state index in [1.807, 2.05) is 45.0 Å². The van der Waals surface area contributed by atoms with Gasteiger partial charge < -0.3 is 9.30 Å². The predicted octanol–water partition coefficient (Wildman–Crippen LogP) is 3.78. The summed E-state index contributed by atoms with van der Waals surface area (Å²) in [5.74, 6) is 1.02. The van der Waals surface area contributed by atoms with E-state index in [1.165, 1.54) is 11.8 Å². The molecule has 0 amide bonds. The first-order valence-corrected chi connectivity index (χ1v) is 10.2. The van der Waals surface area contributed by atoms with Gasteiger partial charge in [-0.15, -0.1) is 5.10 Å². The Morgan fingerprint density at radius 1 is 1.21 bits per heavy atom. The lowest BCUT2D eigenvalue weighted by atomic mass is 10.2. The van der Waals surface area contributed by atoms with E-state index >= 15 is 0 Å². The van der Waals surface area contributed by atoms with Crippen LogP contribution >= 0.6 is 11.8 Å². The van der Waals surface area contributed by atoms with E-state index in [0.29, 0.717) is 10.9 Å². The molecule has 3 rings (SSSR count). The van der Waals surface area contributed by atoms with Gasteiger partial charge in [0.1, 0.15) is 11.4 Å². The monoisotopic (exact) mass is 399 g/mol. The minimum absolute atomic E-state index is 0.0752. The highest BCUT2D eigenvalue weighted by Crippen LogP contribution is 2.27. The fourth-order valence-corrected chi connectivity index (χ4v) is 4.01. The number of carbonyl (C=O) groups is 1. The molecule has 28 heavy (non-hydrogen) atoms. The van der Waals surface area contributed by atoms with E-state index in [0.717, 1.165) is 41.2 Å². The Labute approximate surface area is 169 Å². The van der Waals surface area contributed by atoms with Crippen molar-refractivity contribution in [3.05, 3.63) is 46.8 Å². The van der Waals surface area contributed by atoms with Crippen LogP contribution in [0, 0.1) is 20.8 Å². The first-order valence-electron chi connectivity index (χ1n) is 9.22. The van der Waals surface area contributed by atoms with Gasteiger partial charge in [0, 0.05) is 23.5 Å². The minimum Gasteiger partial charge on any atom is -0.494 e. The summed E-state index contributed by atoms with van der Waals surface area (Å²) in [6.45, 7) is 9.09. The standard InChI is InChI=1S/C20H25N5O2S/c1-6-9-24-14(3)11-16(15(24)4)18(26)12-28-20-21-22-23-25(20)17-10-13(2)7-8-19(17)27-5/h7-8,10-11H,6,9,12H2,1-5H3. The average molecular weight is 400 g/mol. The molecule has 8 heteroatoms. The Kier molecular flexibility index (Phi) is 6.18. The van der Waals surface area contributed by atoms with Crippen molar-refractivity contribution in [2.75, 3.05) is 12.9 Å². The highest BCUT2D eigenvalue weighted by Gasteiger charge is 2.19. The van der Waals surface area contributed by atoms with Crippen LogP contribution in [0.25, 0.3) is 5.69 Å². The SMILES string of the molecule is CCCn1c(C)cc(C(=O)CSc2nnnn2-c2cc(C)ccc2OC)c1C. The average Bonchev–Trinajstić information content (AvgIpc) is 3.26. The molecule has 0 saturated heterocycles. The number of tetrazole rings is 1. The lowest BCUT2D eigenvalue weighted by Gasteiger charge is -2.10. The Balaban J connectivity index is 1.81. The number of aromatic nitrogens is 5. The smallest absolute Gasteiger partial charge is 0.214 e. The number of nitrogens with zero attached hydrogens (tertiary/aromatic N) is 5. The third-order valence-electron chi connectivity index (χ3n) is 4.66. The molecule has 2 heterocycles. The molecule has 0 radical (unpaired) electrons. The molecule has 0 N–H and O–H groups in total. The van der Waals surface area contributed by atoms with Crippen molar-refractivity contribution < 1.29 is 9.53 Å². The number of ether oxygens (including phenoxy) is 1. The second-order valence-corrected chi connectivity index (χ2v) is 7.64. The number of benzene rings is 1. The summed E-state index contributed by atoms with van der Waals surface area (Å²) in [6, 6.07) is 7.78. The molecule has 0 aliphatic heterocycles. The summed E-state index contributed by atoms with van der Waals surface area (Å²) in [7, 11) is 1.61. The van der Waals surface area contributed by atoms with Crippen LogP contribution in [0.1, 0.15) is 40.7 Å². The van der Waals surface area contributed by atoms with Gasteiger partial charge in [-0.1, -0.05) is 24.8 Å². The van der Waals surface area contributed by atoms with Crippen LogP contribution in [-0.4, -0.2) is 43.4 Å². The zero-order chi connectivity index (χ0) is 20.3. The van der Waals surface area contributed by atoms with Crippen molar-refractivity contribution in [2.45, 2.75) is 45.8 Å². The number of hydrogen-bond acceptors (Lipinski definition) is 6. The van der Waals surface area contributed by atoms with Gasteiger partial charge in [0.15, 0.2) is 5.78 Å². The third kappa shape index (κ3) is 3.96. The molecule has 148 valence electrons. The Morgan fingerprint density at radius 2 is 2.00 bits per heavy atom. The first kappa shape index (κ1) is 20.1. The normalized spacial score (nSPS) is 11.0. The fourth-order valence-electron chi connectivity index (χ4n) is 3.24. The van der Waals surface area contributed by atoms with Gasteiger partial charge in [-0.3, -0.25) is 4.79 Å². The molecule has 0 bridgehead atoms. The molecule has 7 nitrogen and oxygen atoms in total. The molecule has 0 unspecified atom stereocenters. The number of methoxy groups -OCH3 is 1. The van der Waals surface area contributed by atoms with E-state index in [1.54, 1.807) is 11.8 Å². The van der Waals surface area contributed by atoms with Gasteiger partial charge in [0.25, 0.3) is 0 Å². The molecule has 3 aromatic rings. The number of aryl methyl sites for hydroxylation is 2. The van der Waals surface area contributed by atoms with Crippen LogP contribution in [0.5, 0.6) is 5.75 Å². The Hall–Kier alpha value is -2.61. The lowest BCUT2D eigenvalue weighted by molar-refractivity contribution is 0.102. The van der Waals surface area contributed by atoms with Crippen molar-refractivity contribution in [3.63, 3.8) is 0 Å². The van der Waals surface area contributed by atoms with E-state index < -0.39 is 0 Å². The maximum atomic E-state index is 12.8. The van der Waals surface area contributed by atoms with Gasteiger partial charge in [-0.25, -0.2) is 0 Å². The molecule has 0 saturated carbocycles. The molecule has 0 spiro atoms. The summed E-state index contributed by atoms with van der Waals surface area (Å²) < 4.78 is 9.24. The van der Waals surface area contributed by atoms with Crippen LogP contribution in [0.4, 0.5) is 0 Å². The largest absolute Gasteiger partial charge is 0.494 e. The van der Waals surface area contributed by atoms with Crippen molar-refractivity contribution in [1.82, 2.24) is 24.8 Å². The van der Waals surface area contributed by atoms with Crippen molar-refractivity contribution in [2.24, 2.45) is 0 Å². The fraction of sp³-hybridized carbons (Fsp3) is 0.400. The number of ketones is 1. The molecule has 0 aliphatic rings. The topological polar surface area (TPSA) is 74.8 Å². The van der Waals surface area contributed by atoms with Crippen LogP contribution in [-0.2, 0) is 6.54 Å². The quantitative estimate of drug-likeness (QED) is 0.424. The van der Waals surface area contributed by atoms with E-state index in [9.17, 15) is 4.79 Å². The zero-order valence-electron chi connectivity index (χ0n) is 16.9. The number of carbonyl (C=O) groups excluding carboxylic acids is 1. The van der Waals surface area contributed by atoms with Crippen molar-refractivity contribution >= 4 is 17.5 Å². The van der Waals surface area contributed by atoms with E-state index in [-0.39, 0.29) is 11.5 Å². The van der Waals surface area contributed by atoms with Crippen LogP contribution < -0.4 is 4.74 Å². The maximum Gasteiger partial charge on any atom is 0.214 e. The highest BCUT2D eigenvalue weighted by molar-refractivity contribution is 7.99. The Bertz CT molecular complexity index is 993. The van der Waals surface area contributed by atoms with Crippen molar-refractivity contribution in [3.8, 4) is 11.4 Å². The maximum absolute atomic E-state index is 12.8. The summed E-state index contributed by atoms with van der Waals surface area (Å²) in [5, 5.41) is 12.5. The predicted molar refractivity (Wildman–Crippen MR) is 110 cm³/mol. The van der Waals surface area contributed by atoms with Crippen LogP contribution in [0.2, 0.25) is 0 Å². The molecular formula is C20H25N5O2S. The molecule has 0 fully saturated rings. The molecule has 1 aromatic carbocycles. The highest BCUT2D eigenvalue weighted by atomic mass is 32.2. The van der Waals surface area contributed by atoms with Crippen LogP contribution in [0.15, 0.2) is 29.4 Å². The molecular weight excluding hydrogens is 374 g/mol. The number of hydrogen-bond donors (Lipinski definition) is 0. The van der Waals surface area contributed by atoms with Crippen LogP contribution in [0.3, 0.4) is 0 Å². The lowest BCUT2D eigenvalue weighted by Crippen LogP contribution is -2.08. The zero-order valence-corrected chi connectivity index (χ0v) is 17.7. The summed E-state index contributed by atoms with van der Waals surface area (Å²) in [4.78, 5) is 12.8. The number of Topliss-reactive ketones (excluding diaryl/α,β-unsaturated/α-hetero) is 1. The number of thioether (sulfide) groups is 1. The molecule has 2 aromatic heterocycles. The van der Waals surface area contributed by atoms with Gasteiger partial charge in [0.05, 0.1) is 12.9 Å². The summed E-state index contributed by atoms with van der Waals surface area (Å²) in [5.41, 5.74) is 4.72. The second kappa shape index (κ2) is 8.60. The van der Waals surface area contributed by atoms with Gasteiger partial charge in [0.2, 0.25) is 5.16 Å². The van der Waals surface area contributed by atoms with Crippen molar-refractivity contribution in [1.29, 1.82) is 0 Å². The van der Waals surface area contributed by atoms with Gasteiger partial charge in [-0.2, -0.15) is 4.68 Å². The minimum atomic E-state index is 0.0752. The van der Waals surface area contributed by atoms with Gasteiger partial charge >= 0.3 is 0 Å². The third-order valence-corrected chi connectivity index (χ3v) is 5.58. The Morgan fingerprint density at radius 3 is 2.71 bits per heavy atom. The molecule has 0 atom stereocenters.